The fraction of sp³-hybridized carbons (Fsp3) is 0.217. The topological polar surface area (TPSA) is 107 Å². The number of hydrogen-bond acceptors (Lipinski definition) is 7. The van der Waals surface area contributed by atoms with Crippen LogP contribution in [0, 0.1) is 0 Å². The van der Waals surface area contributed by atoms with Crippen LogP contribution >= 0.6 is 46.6 Å². The minimum Gasteiger partial charge on any atom is -0.493 e. The smallest absolute Gasteiger partial charge is 0.251 e. The van der Waals surface area contributed by atoms with Crippen molar-refractivity contribution >= 4 is 64.1 Å². The summed E-state index contributed by atoms with van der Waals surface area (Å²) in [5.41, 5.74) is 0.748. The number of rotatable bonds is 11. The number of carbonyl (C=O) groups excluding carboxylic acids is 2. The van der Waals surface area contributed by atoms with Crippen LogP contribution in [-0.2, 0) is 17.9 Å². The minimum absolute atomic E-state index is 0.0316. The van der Waals surface area contributed by atoms with Crippen molar-refractivity contribution in [2.45, 2.75) is 18.2 Å². The third-order valence-electron chi connectivity index (χ3n) is 4.77. The van der Waals surface area contributed by atoms with Gasteiger partial charge in [0.1, 0.15) is 0 Å². The first kappa shape index (κ1) is 27.7. The Bertz CT molecular complexity index is 1280. The fourth-order valence-electron chi connectivity index (χ4n) is 3.04. The number of amides is 2. The van der Waals surface area contributed by atoms with Gasteiger partial charge >= 0.3 is 0 Å². The summed E-state index contributed by atoms with van der Waals surface area (Å²) in [6.07, 6.45) is 1.67. The quantitative estimate of drug-likeness (QED) is 0.188. The van der Waals surface area contributed by atoms with Crippen molar-refractivity contribution in [3.63, 3.8) is 0 Å². The van der Waals surface area contributed by atoms with E-state index in [0.29, 0.717) is 40.3 Å². The number of hydrogen-bond donors (Lipinski definition) is 2. The molecular formula is C23H22Cl3N5O4S. The first-order valence-corrected chi connectivity index (χ1v) is 12.5. The fourth-order valence-corrected chi connectivity index (χ4v) is 4.40. The number of benzene rings is 2. The molecule has 3 aromatic rings. The molecule has 0 fully saturated rings. The largest absolute Gasteiger partial charge is 0.493 e. The van der Waals surface area contributed by atoms with E-state index in [0.717, 1.165) is 0 Å². The van der Waals surface area contributed by atoms with E-state index in [1.54, 1.807) is 28.8 Å². The molecule has 1 aromatic heterocycles. The molecule has 0 atom stereocenters. The highest BCUT2D eigenvalue weighted by Crippen LogP contribution is 2.32. The number of carbonyl (C=O) groups is 2. The molecule has 0 radical (unpaired) electrons. The predicted octanol–water partition coefficient (Wildman–Crippen LogP) is 5.10. The summed E-state index contributed by atoms with van der Waals surface area (Å²) in [5, 5.41) is 15.1. The van der Waals surface area contributed by atoms with Gasteiger partial charge in [0.15, 0.2) is 22.5 Å². The zero-order chi connectivity index (χ0) is 26.2. The normalized spacial score (nSPS) is 10.6. The number of thioether (sulfide) groups is 1. The summed E-state index contributed by atoms with van der Waals surface area (Å²) < 4.78 is 12.2. The summed E-state index contributed by atoms with van der Waals surface area (Å²) in [7, 11) is 3.02. The molecule has 0 saturated heterocycles. The van der Waals surface area contributed by atoms with Gasteiger partial charge in [-0.2, -0.15) is 0 Å². The zero-order valence-electron chi connectivity index (χ0n) is 19.3. The Morgan fingerprint density at radius 2 is 1.78 bits per heavy atom. The van der Waals surface area contributed by atoms with E-state index < -0.39 is 0 Å². The first-order chi connectivity index (χ1) is 17.3. The van der Waals surface area contributed by atoms with Crippen molar-refractivity contribution in [2.24, 2.45) is 0 Å². The number of anilines is 1. The molecule has 2 amide bonds. The van der Waals surface area contributed by atoms with Gasteiger partial charge in [0.05, 0.1) is 47.3 Å². The van der Waals surface area contributed by atoms with Crippen molar-refractivity contribution < 1.29 is 19.1 Å². The first-order valence-electron chi connectivity index (χ1n) is 10.4. The number of methoxy groups -OCH3 is 2. The maximum atomic E-state index is 12.7. The van der Waals surface area contributed by atoms with Crippen molar-refractivity contribution in [1.82, 2.24) is 20.1 Å². The average molecular weight is 571 g/mol. The number of allylic oxidation sites excluding steroid dienone is 1. The standard InChI is InChI=1S/C23H22Cl3N5O4S/c1-4-7-31-20(11-27-22(33)13-5-6-18(34-2)19(8-13)35-3)29-30-23(31)36-12-21(32)28-17-10-15(25)14(24)9-16(17)26/h4-6,8-10H,1,7,11-12H2,2-3H3,(H,27,33)(H,28,32). The van der Waals surface area contributed by atoms with Crippen LogP contribution in [0.5, 0.6) is 11.5 Å². The predicted molar refractivity (Wildman–Crippen MR) is 142 cm³/mol. The van der Waals surface area contributed by atoms with E-state index in [1.165, 1.54) is 38.1 Å². The van der Waals surface area contributed by atoms with Gasteiger partial charge in [-0.1, -0.05) is 52.6 Å². The molecule has 0 aliphatic heterocycles. The van der Waals surface area contributed by atoms with Crippen LogP contribution in [0.4, 0.5) is 5.69 Å². The summed E-state index contributed by atoms with van der Waals surface area (Å²) >= 11 is 19.2. The highest BCUT2D eigenvalue weighted by molar-refractivity contribution is 7.99. The number of nitrogens with zero attached hydrogens (tertiary/aromatic N) is 3. The van der Waals surface area contributed by atoms with Crippen molar-refractivity contribution in [2.75, 3.05) is 25.3 Å². The number of ether oxygens (including phenoxy) is 2. The summed E-state index contributed by atoms with van der Waals surface area (Å²) in [6.45, 7) is 4.25. The molecule has 0 unspecified atom stereocenters. The molecule has 3 rings (SSSR count). The molecule has 36 heavy (non-hydrogen) atoms. The van der Waals surface area contributed by atoms with Crippen LogP contribution in [0.3, 0.4) is 0 Å². The van der Waals surface area contributed by atoms with Gasteiger partial charge in [-0.25, -0.2) is 0 Å². The monoisotopic (exact) mass is 569 g/mol. The second-order valence-corrected chi connectivity index (χ2v) is 9.30. The van der Waals surface area contributed by atoms with Gasteiger partial charge < -0.3 is 24.7 Å². The molecule has 0 aliphatic carbocycles. The summed E-state index contributed by atoms with van der Waals surface area (Å²) in [5.74, 6) is 0.849. The summed E-state index contributed by atoms with van der Waals surface area (Å²) in [6, 6.07) is 7.80. The molecule has 2 aromatic carbocycles. The van der Waals surface area contributed by atoms with E-state index in [1.807, 2.05) is 0 Å². The minimum atomic E-state index is -0.323. The van der Waals surface area contributed by atoms with Gasteiger partial charge in [0, 0.05) is 12.1 Å². The van der Waals surface area contributed by atoms with Crippen LogP contribution in [0.2, 0.25) is 15.1 Å². The average Bonchev–Trinajstić information content (AvgIpc) is 3.25. The van der Waals surface area contributed by atoms with E-state index in [-0.39, 0.29) is 39.2 Å². The Morgan fingerprint density at radius 3 is 2.47 bits per heavy atom. The van der Waals surface area contributed by atoms with E-state index in [2.05, 4.69) is 27.4 Å². The second-order valence-electron chi connectivity index (χ2n) is 7.13. The lowest BCUT2D eigenvalue weighted by molar-refractivity contribution is -0.113. The van der Waals surface area contributed by atoms with Gasteiger partial charge in [-0.15, -0.1) is 16.8 Å². The molecule has 0 spiro atoms. The van der Waals surface area contributed by atoms with Crippen LogP contribution < -0.4 is 20.1 Å². The van der Waals surface area contributed by atoms with Crippen LogP contribution in [-0.4, -0.2) is 46.6 Å². The molecule has 2 N–H and O–H groups in total. The Morgan fingerprint density at radius 1 is 1.06 bits per heavy atom. The molecule has 0 bridgehead atoms. The van der Waals surface area contributed by atoms with Crippen LogP contribution in [0.15, 0.2) is 48.1 Å². The van der Waals surface area contributed by atoms with Gasteiger partial charge in [0.25, 0.3) is 5.91 Å². The third kappa shape index (κ3) is 6.85. The number of aromatic nitrogens is 3. The molecular weight excluding hydrogens is 549 g/mol. The maximum absolute atomic E-state index is 12.7. The van der Waals surface area contributed by atoms with E-state index in [9.17, 15) is 9.59 Å². The SMILES string of the molecule is C=CCn1c(CNC(=O)c2ccc(OC)c(OC)c2)nnc1SCC(=O)Nc1cc(Cl)c(Cl)cc1Cl. The Kier molecular flexibility index (Phi) is 9.89. The zero-order valence-corrected chi connectivity index (χ0v) is 22.4. The van der Waals surface area contributed by atoms with E-state index in [4.69, 9.17) is 44.3 Å². The second kappa shape index (κ2) is 12.9. The number of halogens is 3. The molecule has 190 valence electrons. The summed E-state index contributed by atoms with van der Waals surface area (Å²) in [4.78, 5) is 25.1. The molecule has 1 heterocycles. The van der Waals surface area contributed by atoms with Gasteiger partial charge in [-0.05, 0) is 30.3 Å². The molecule has 0 saturated carbocycles. The lowest BCUT2D eigenvalue weighted by Crippen LogP contribution is -2.25. The van der Waals surface area contributed by atoms with Crippen molar-refractivity contribution in [3.8, 4) is 11.5 Å². The highest BCUT2D eigenvalue weighted by Gasteiger charge is 2.17. The van der Waals surface area contributed by atoms with Crippen molar-refractivity contribution in [3.05, 3.63) is 69.4 Å². The van der Waals surface area contributed by atoms with Crippen LogP contribution in [0.25, 0.3) is 0 Å². The van der Waals surface area contributed by atoms with Crippen molar-refractivity contribution in [1.29, 1.82) is 0 Å². The van der Waals surface area contributed by atoms with Crippen LogP contribution in [0.1, 0.15) is 16.2 Å². The molecule has 13 heteroatoms. The highest BCUT2D eigenvalue weighted by atomic mass is 35.5. The lowest BCUT2D eigenvalue weighted by atomic mass is 10.2. The maximum Gasteiger partial charge on any atom is 0.251 e. The molecule has 9 nitrogen and oxygen atoms in total. The molecule has 0 aliphatic rings. The van der Waals surface area contributed by atoms with Gasteiger partial charge in [0.2, 0.25) is 5.91 Å². The lowest BCUT2D eigenvalue weighted by Gasteiger charge is -2.11. The number of nitrogens with one attached hydrogen (secondary N) is 2. The Labute approximate surface area is 227 Å². The Balaban J connectivity index is 1.64. The Hall–Kier alpha value is -2.92. The third-order valence-corrected chi connectivity index (χ3v) is 6.78. The van der Waals surface area contributed by atoms with Gasteiger partial charge in [-0.3, -0.25) is 9.59 Å². The van der Waals surface area contributed by atoms with E-state index >= 15 is 0 Å².